The first-order valence-electron chi connectivity index (χ1n) is 17.9. The van der Waals surface area contributed by atoms with Crippen molar-refractivity contribution in [3.63, 3.8) is 0 Å². The van der Waals surface area contributed by atoms with E-state index >= 15 is 0 Å². The topological polar surface area (TPSA) is 183 Å². The summed E-state index contributed by atoms with van der Waals surface area (Å²) in [7, 11) is 3.12. The Morgan fingerprint density at radius 2 is 1.52 bits per heavy atom. The molecule has 1 aromatic carbocycles. The van der Waals surface area contributed by atoms with Gasteiger partial charge in [0, 0.05) is 20.6 Å². The molecule has 3 rings (SSSR count). The van der Waals surface area contributed by atoms with Gasteiger partial charge in [-0.3, -0.25) is 28.8 Å². The van der Waals surface area contributed by atoms with E-state index < -0.39 is 76.7 Å². The maximum Gasteiger partial charge on any atom is 0.408 e. The second-order valence-corrected chi connectivity index (χ2v) is 16.8. The zero-order valence-corrected chi connectivity index (χ0v) is 32.7. The lowest BCUT2D eigenvalue weighted by molar-refractivity contribution is -0.145. The summed E-state index contributed by atoms with van der Waals surface area (Å²) in [5.41, 5.74) is -1.23. The highest BCUT2D eigenvalue weighted by Gasteiger charge is 2.70. The van der Waals surface area contributed by atoms with Gasteiger partial charge in [-0.05, 0) is 62.3 Å². The number of ketones is 1. The van der Waals surface area contributed by atoms with Crippen molar-refractivity contribution in [3.8, 4) is 0 Å². The number of rotatable bonds is 13. The molecule has 1 saturated heterocycles. The van der Waals surface area contributed by atoms with E-state index in [4.69, 9.17) is 4.74 Å². The van der Waals surface area contributed by atoms with E-state index in [-0.39, 0.29) is 36.1 Å². The highest BCUT2D eigenvalue weighted by Crippen LogP contribution is 2.65. The molecule has 1 aliphatic carbocycles. The average Bonchev–Trinajstić information content (AvgIpc) is 3.34. The Kier molecular flexibility index (Phi) is 12.9. The molecule has 1 heterocycles. The first-order valence-corrected chi connectivity index (χ1v) is 17.9. The van der Waals surface area contributed by atoms with Crippen LogP contribution in [0.1, 0.15) is 93.7 Å². The summed E-state index contributed by atoms with van der Waals surface area (Å²) in [6.07, 6.45) is -0.175. The zero-order chi connectivity index (χ0) is 39.5. The molecule has 0 aromatic heterocycles. The lowest BCUT2D eigenvalue weighted by Crippen LogP contribution is -2.61. The van der Waals surface area contributed by atoms with Gasteiger partial charge in [-0.15, -0.1) is 0 Å². The number of benzene rings is 1. The molecule has 1 aromatic rings. The molecule has 0 radical (unpaired) electrons. The molecule has 0 spiro atoms. The Morgan fingerprint density at radius 3 is 2.04 bits per heavy atom. The Hall–Kier alpha value is -4.49. The molecule has 4 N–H and O–H groups in total. The number of nitrogens with zero attached hydrogens (tertiary/aromatic N) is 2. The Balaban J connectivity index is 1.77. The Bertz CT molecular complexity index is 1530. The maximum atomic E-state index is 14.2. The second-order valence-electron chi connectivity index (χ2n) is 16.8. The van der Waals surface area contributed by atoms with Crippen LogP contribution in [-0.2, 0) is 33.5 Å². The fraction of sp³-hybridized carbons (Fsp3) is 0.658. The van der Waals surface area contributed by atoms with Crippen LogP contribution in [-0.4, -0.2) is 102 Å². The van der Waals surface area contributed by atoms with Crippen LogP contribution >= 0.6 is 0 Å². The van der Waals surface area contributed by atoms with Crippen LogP contribution in [0.2, 0.25) is 0 Å². The number of hydrogen-bond donors (Lipinski definition) is 4. The number of alkyl carbamates (subject to hydrolysis) is 1. The number of likely N-dealkylation sites (tertiary alicyclic amines) is 1. The third-order valence-electron chi connectivity index (χ3n) is 9.82. The monoisotopic (exact) mass is 726 g/mol. The van der Waals surface area contributed by atoms with Crippen LogP contribution < -0.4 is 21.3 Å². The predicted octanol–water partition coefficient (Wildman–Crippen LogP) is 2.71. The van der Waals surface area contributed by atoms with Gasteiger partial charge in [-0.2, -0.15) is 0 Å². The maximum absolute atomic E-state index is 14.2. The molecule has 14 heteroatoms. The smallest absolute Gasteiger partial charge is 0.408 e. The largest absolute Gasteiger partial charge is 0.444 e. The zero-order valence-electron chi connectivity index (χ0n) is 32.7. The number of carbonyl (C=O) groups is 7. The molecular formula is C38H58N6O8. The average molecular weight is 727 g/mol. The number of likely N-dealkylation sites (N-methyl/N-ethyl adjacent to an activating group) is 1. The number of Topliss-reactive ketones (excluding diaryl/α,β-unsaturated/α-hetero) is 1. The van der Waals surface area contributed by atoms with E-state index in [0.29, 0.717) is 12.0 Å². The van der Waals surface area contributed by atoms with Crippen molar-refractivity contribution in [1.82, 2.24) is 31.1 Å². The van der Waals surface area contributed by atoms with Crippen LogP contribution in [0.25, 0.3) is 0 Å². The molecule has 52 heavy (non-hydrogen) atoms. The first-order chi connectivity index (χ1) is 23.9. The lowest BCUT2D eigenvalue weighted by Gasteiger charge is -2.38. The normalized spacial score (nSPS) is 21.3. The summed E-state index contributed by atoms with van der Waals surface area (Å²) in [4.78, 5) is 96.7. The van der Waals surface area contributed by atoms with E-state index in [1.165, 1.54) is 16.7 Å². The number of nitrogens with one attached hydrogen (secondary N) is 4. The molecule has 288 valence electrons. The van der Waals surface area contributed by atoms with Gasteiger partial charge in [-0.1, -0.05) is 78.3 Å². The molecule has 14 nitrogen and oxygen atoms in total. The van der Waals surface area contributed by atoms with Crippen LogP contribution in [0.5, 0.6) is 0 Å². The standard InChI is InChI=1S/C38H58N6O8/c1-13-17-24(28(45)32(48)39-21(2)30(46)41-26(33(49)43(11)12)22-18-15-14-16-19-22)40-31(47)27-25-23(38(25,9)10)20-44(27)34(50)29(36(3,4)5)42-35(51)52-37(6,7)8/h14-16,18-19,21,23-27,29H,13,17,20H2,1-12H3,(H,39,48)(H,40,47)(H,41,46)(H,42,51)/t21-,23-,24?,25-,26?,27-,29+/m0/s1. The first kappa shape index (κ1) is 41.9. The molecule has 0 bridgehead atoms. The number of fused-ring (bicyclic) bond motifs is 1. The number of piperidine rings is 1. The molecular weight excluding hydrogens is 668 g/mol. The van der Waals surface area contributed by atoms with Gasteiger partial charge < -0.3 is 35.8 Å². The van der Waals surface area contributed by atoms with Crippen LogP contribution in [0.4, 0.5) is 4.79 Å². The molecule has 2 unspecified atom stereocenters. The van der Waals surface area contributed by atoms with Gasteiger partial charge in [-0.25, -0.2) is 4.79 Å². The summed E-state index contributed by atoms with van der Waals surface area (Å²) in [6, 6.07) is 3.24. The minimum absolute atomic E-state index is 0.0245. The third-order valence-corrected chi connectivity index (χ3v) is 9.82. The second kappa shape index (κ2) is 16.0. The summed E-state index contributed by atoms with van der Waals surface area (Å²) in [5, 5.41) is 10.5. The highest BCUT2D eigenvalue weighted by molar-refractivity contribution is 6.38. The van der Waals surface area contributed by atoms with Crippen molar-refractivity contribution < 1.29 is 38.3 Å². The van der Waals surface area contributed by atoms with Crippen molar-refractivity contribution >= 4 is 41.4 Å². The van der Waals surface area contributed by atoms with Crippen molar-refractivity contribution in [3.05, 3.63) is 35.9 Å². The fourth-order valence-corrected chi connectivity index (χ4v) is 6.82. The van der Waals surface area contributed by atoms with Crippen molar-refractivity contribution in [2.75, 3.05) is 20.6 Å². The minimum Gasteiger partial charge on any atom is -0.444 e. The SMILES string of the molecule is CCCC(NC(=O)[C@@H]1[C@@H]2[C@H](CN1C(=O)[C@@H](NC(=O)OC(C)(C)C)C(C)(C)C)C2(C)C)C(=O)C(=O)N[C@@H](C)C(=O)NC(C(=O)N(C)C)c1ccccc1. The minimum atomic E-state index is -1.23. The van der Waals surface area contributed by atoms with Gasteiger partial charge >= 0.3 is 6.09 Å². The van der Waals surface area contributed by atoms with Gasteiger partial charge in [0.15, 0.2) is 0 Å². The molecule has 1 aliphatic heterocycles. The molecule has 7 atom stereocenters. The molecule has 1 saturated carbocycles. The summed E-state index contributed by atoms with van der Waals surface area (Å²) in [6.45, 7) is 18.1. The van der Waals surface area contributed by atoms with Crippen LogP contribution in [0, 0.1) is 22.7 Å². The summed E-state index contributed by atoms with van der Waals surface area (Å²) >= 11 is 0. The van der Waals surface area contributed by atoms with Crippen molar-refractivity contribution in [1.29, 1.82) is 0 Å². The van der Waals surface area contributed by atoms with E-state index in [1.54, 1.807) is 92.9 Å². The van der Waals surface area contributed by atoms with E-state index in [2.05, 4.69) is 21.3 Å². The van der Waals surface area contributed by atoms with Gasteiger partial charge in [0.25, 0.3) is 5.91 Å². The van der Waals surface area contributed by atoms with E-state index in [9.17, 15) is 33.6 Å². The quantitative estimate of drug-likeness (QED) is 0.224. The number of ether oxygens (including phenoxy) is 1. The summed E-state index contributed by atoms with van der Waals surface area (Å²) < 4.78 is 5.43. The molecule has 2 aliphatic rings. The Morgan fingerprint density at radius 1 is 0.923 bits per heavy atom. The Labute approximate surface area is 307 Å². The third kappa shape index (κ3) is 9.88. The van der Waals surface area contributed by atoms with Crippen molar-refractivity contribution in [2.24, 2.45) is 22.7 Å². The van der Waals surface area contributed by atoms with Crippen LogP contribution in [0.3, 0.4) is 0 Å². The van der Waals surface area contributed by atoms with E-state index in [0.717, 1.165) is 0 Å². The summed E-state index contributed by atoms with van der Waals surface area (Å²) in [5.74, 6) is -4.27. The van der Waals surface area contributed by atoms with Gasteiger partial charge in [0.05, 0.1) is 6.04 Å². The number of amides is 6. The van der Waals surface area contributed by atoms with Crippen LogP contribution in [0.15, 0.2) is 30.3 Å². The van der Waals surface area contributed by atoms with E-state index in [1.807, 2.05) is 13.8 Å². The van der Waals surface area contributed by atoms with Gasteiger partial charge in [0.2, 0.25) is 29.4 Å². The molecule has 2 fully saturated rings. The lowest BCUT2D eigenvalue weighted by atomic mass is 9.85. The number of carbonyl (C=O) groups excluding carboxylic acids is 7. The number of hydrogen-bond acceptors (Lipinski definition) is 8. The highest BCUT2D eigenvalue weighted by atomic mass is 16.6. The van der Waals surface area contributed by atoms with Gasteiger partial charge in [0.1, 0.15) is 29.8 Å². The predicted molar refractivity (Wildman–Crippen MR) is 194 cm³/mol. The molecule has 6 amide bonds. The fourth-order valence-electron chi connectivity index (χ4n) is 6.82. The van der Waals surface area contributed by atoms with Crippen molar-refractivity contribution in [2.45, 2.75) is 118 Å².